The molecule has 0 radical (unpaired) electrons. The largest absolute Gasteiger partial charge is 0.316 e. The van der Waals surface area contributed by atoms with E-state index in [0.717, 1.165) is 5.92 Å². The third kappa shape index (κ3) is 2.12. The molecule has 2 atom stereocenters. The van der Waals surface area contributed by atoms with E-state index in [1.807, 2.05) is 0 Å². The van der Waals surface area contributed by atoms with E-state index in [4.69, 9.17) is 0 Å². The smallest absolute Gasteiger partial charge is 0.0132 e. The molecule has 1 saturated heterocycles. The molecule has 1 aliphatic heterocycles. The highest BCUT2D eigenvalue weighted by Gasteiger charge is 2.32. The first kappa shape index (κ1) is 10.4. The highest BCUT2D eigenvalue weighted by Crippen LogP contribution is 2.40. The minimum absolute atomic E-state index is 0.380. The summed E-state index contributed by atoms with van der Waals surface area (Å²) in [5, 5.41) is 3.50. The Balaban J connectivity index is 2.05. The fraction of sp³-hybridized carbons (Fsp3) is 0.667. The van der Waals surface area contributed by atoms with Crippen molar-refractivity contribution in [1.82, 2.24) is 5.32 Å². The Morgan fingerprint density at radius 3 is 3.00 bits per heavy atom. The van der Waals surface area contributed by atoms with Gasteiger partial charge in [-0.1, -0.05) is 41.1 Å². The molecular weight excluding hydrogens is 238 g/mol. The summed E-state index contributed by atoms with van der Waals surface area (Å²) in [6, 6.07) is 0. The van der Waals surface area contributed by atoms with Crippen LogP contribution >= 0.6 is 15.9 Å². The van der Waals surface area contributed by atoms with Crippen LogP contribution in [0, 0.1) is 11.3 Å². The van der Waals surface area contributed by atoms with Gasteiger partial charge in [-0.15, -0.1) is 0 Å². The molecule has 14 heavy (non-hydrogen) atoms. The molecular formula is C12H18BrN. The third-order valence-electron chi connectivity index (χ3n) is 3.59. The van der Waals surface area contributed by atoms with Gasteiger partial charge in [-0.25, -0.2) is 0 Å². The summed E-state index contributed by atoms with van der Waals surface area (Å²) in [5.41, 5.74) is 0.380. The van der Waals surface area contributed by atoms with Crippen molar-refractivity contribution in [2.45, 2.75) is 26.2 Å². The minimum Gasteiger partial charge on any atom is -0.316 e. The zero-order valence-electron chi connectivity index (χ0n) is 8.72. The lowest BCUT2D eigenvalue weighted by Crippen LogP contribution is -2.39. The zero-order valence-corrected chi connectivity index (χ0v) is 10.3. The van der Waals surface area contributed by atoms with Gasteiger partial charge in [-0.2, -0.15) is 0 Å². The van der Waals surface area contributed by atoms with Crippen molar-refractivity contribution in [3.63, 3.8) is 0 Å². The van der Waals surface area contributed by atoms with E-state index in [1.165, 1.54) is 36.8 Å². The number of nitrogens with one attached hydrogen (secondary N) is 1. The normalized spacial score (nSPS) is 38.1. The van der Waals surface area contributed by atoms with E-state index in [1.54, 1.807) is 0 Å². The second kappa shape index (κ2) is 4.19. The van der Waals surface area contributed by atoms with Crippen LogP contribution in [0.1, 0.15) is 26.2 Å². The van der Waals surface area contributed by atoms with E-state index in [9.17, 15) is 0 Å². The molecule has 1 unspecified atom stereocenters. The molecule has 2 rings (SSSR count). The summed E-state index contributed by atoms with van der Waals surface area (Å²) < 4.78 is 1.23. The molecule has 0 aromatic heterocycles. The van der Waals surface area contributed by atoms with Gasteiger partial charge in [-0.3, -0.25) is 0 Å². The first-order chi connectivity index (χ1) is 6.71. The molecule has 0 saturated carbocycles. The van der Waals surface area contributed by atoms with E-state index < -0.39 is 0 Å². The number of hydrogen-bond donors (Lipinski definition) is 1. The van der Waals surface area contributed by atoms with Gasteiger partial charge in [0.2, 0.25) is 0 Å². The Bertz CT molecular complexity index is 263. The standard InChI is InChI=1S/C12H18BrN/c1-12(6-4-11(13)5-7-12)10-3-2-8-14-9-10/h4-6,10,14H,2-3,7-9H2,1H3/t10-,12?/m1/s1. The van der Waals surface area contributed by atoms with Crippen LogP contribution in [0.25, 0.3) is 0 Å². The maximum Gasteiger partial charge on any atom is 0.0132 e. The predicted molar refractivity (Wildman–Crippen MR) is 64.5 cm³/mol. The van der Waals surface area contributed by atoms with Crippen molar-refractivity contribution >= 4 is 15.9 Å². The van der Waals surface area contributed by atoms with Gasteiger partial charge < -0.3 is 5.32 Å². The highest BCUT2D eigenvalue weighted by atomic mass is 79.9. The van der Waals surface area contributed by atoms with Crippen molar-refractivity contribution < 1.29 is 0 Å². The molecule has 1 N–H and O–H groups in total. The summed E-state index contributed by atoms with van der Waals surface area (Å²) in [7, 11) is 0. The number of hydrogen-bond acceptors (Lipinski definition) is 1. The first-order valence-electron chi connectivity index (χ1n) is 5.46. The lowest BCUT2D eigenvalue weighted by atomic mass is 9.70. The van der Waals surface area contributed by atoms with Gasteiger partial charge in [0.05, 0.1) is 0 Å². The summed E-state index contributed by atoms with van der Waals surface area (Å²) in [4.78, 5) is 0. The van der Waals surface area contributed by atoms with Crippen LogP contribution in [0.4, 0.5) is 0 Å². The highest BCUT2D eigenvalue weighted by molar-refractivity contribution is 9.11. The quantitative estimate of drug-likeness (QED) is 0.759. The molecule has 1 nitrogen and oxygen atoms in total. The Morgan fingerprint density at radius 2 is 2.43 bits per heavy atom. The van der Waals surface area contributed by atoms with Crippen LogP contribution in [0.5, 0.6) is 0 Å². The van der Waals surface area contributed by atoms with Crippen molar-refractivity contribution in [1.29, 1.82) is 0 Å². The van der Waals surface area contributed by atoms with Gasteiger partial charge in [0.25, 0.3) is 0 Å². The van der Waals surface area contributed by atoms with Gasteiger partial charge in [0.1, 0.15) is 0 Å². The van der Waals surface area contributed by atoms with Crippen LogP contribution in [-0.2, 0) is 0 Å². The van der Waals surface area contributed by atoms with Crippen molar-refractivity contribution in [3.8, 4) is 0 Å². The van der Waals surface area contributed by atoms with Gasteiger partial charge in [0, 0.05) is 4.48 Å². The van der Waals surface area contributed by atoms with Gasteiger partial charge in [-0.05, 0) is 43.7 Å². The molecule has 0 spiro atoms. The minimum atomic E-state index is 0.380. The van der Waals surface area contributed by atoms with Crippen LogP contribution in [0.2, 0.25) is 0 Å². The van der Waals surface area contributed by atoms with Crippen LogP contribution in [0.15, 0.2) is 22.7 Å². The fourth-order valence-corrected chi connectivity index (χ4v) is 2.73. The van der Waals surface area contributed by atoms with E-state index >= 15 is 0 Å². The second-order valence-electron chi connectivity index (χ2n) is 4.68. The van der Waals surface area contributed by atoms with Crippen LogP contribution < -0.4 is 5.32 Å². The van der Waals surface area contributed by atoms with Crippen molar-refractivity contribution in [3.05, 3.63) is 22.7 Å². The lowest BCUT2D eigenvalue weighted by Gasteiger charge is -2.38. The first-order valence-corrected chi connectivity index (χ1v) is 6.26. The van der Waals surface area contributed by atoms with Crippen LogP contribution in [0.3, 0.4) is 0 Å². The van der Waals surface area contributed by atoms with E-state index in [-0.39, 0.29) is 0 Å². The second-order valence-corrected chi connectivity index (χ2v) is 5.59. The Morgan fingerprint density at radius 1 is 1.57 bits per heavy atom. The van der Waals surface area contributed by atoms with Crippen LogP contribution in [-0.4, -0.2) is 13.1 Å². The third-order valence-corrected chi connectivity index (χ3v) is 4.18. The average Bonchev–Trinajstić information content (AvgIpc) is 2.24. The molecule has 0 aromatic carbocycles. The number of allylic oxidation sites excluding steroid dienone is 4. The summed E-state index contributed by atoms with van der Waals surface area (Å²) in [6.45, 7) is 4.78. The average molecular weight is 256 g/mol. The summed E-state index contributed by atoms with van der Waals surface area (Å²) in [5.74, 6) is 0.810. The molecule has 2 heteroatoms. The van der Waals surface area contributed by atoms with Gasteiger partial charge >= 0.3 is 0 Å². The zero-order chi connectivity index (χ0) is 10.0. The number of piperidine rings is 1. The predicted octanol–water partition coefficient (Wildman–Crippen LogP) is 3.23. The fourth-order valence-electron chi connectivity index (χ4n) is 2.44. The monoisotopic (exact) mass is 255 g/mol. The van der Waals surface area contributed by atoms with Crippen molar-refractivity contribution in [2.24, 2.45) is 11.3 Å². The Kier molecular flexibility index (Phi) is 3.13. The maximum absolute atomic E-state index is 3.52. The summed E-state index contributed by atoms with van der Waals surface area (Å²) >= 11 is 3.52. The molecule has 1 fully saturated rings. The Labute approximate surface area is 94.8 Å². The number of halogens is 1. The molecule has 0 amide bonds. The molecule has 2 aliphatic rings. The maximum atomic E-state index is 3.52. The Hall–Kier alpha value is -0.0800. The van der Waals surface area contributed by atoms with Gasteiger partial charge in [0.15, 0.2) is 0 Å². The molecule has 1 aliphatic carbocycles. The van der Waals surface area contributed by atoms with Crippen molar-refractivity contribution in [2.75, 3.05) is 13.1 Å². The van der Waals surface area contributed by atoms with E-state index in [2.05, 4.69) is 46.4 Å². The molecule has 1 heterocycles. The molecule has 0 aromatic rings. The number of rotatable bonds is 1. The molecule has 78 valence electrons. The lowest BCUT2D eigenvalue weighted by molar-refractivity contribution is 0.205. The molecule has 0 bridgehead atoms. The topological polar surface area (TPSA) is 12.0 Å². The van der Waals surface area contributed by atoms with E-state index in [0.29, 0.717) is 5.41 Å². The SMILES string of the molecule is CC1([C@@H]2CCCNC2)C=CC(Br)=CC1. The summed E-state index contributed by atoms with van der Waals surface area (Å²) in [6.07, 6.45) is 10.8.